The predicted octanol–water partition coefficient (Wildman–Crippen LogP) is 2.52. The first-order valence-electron chi connectivity index (χ1n) is 3.29. The Kier molecular flexibility index (Phi) is 6.48. The highest BCUT2D eigenvalue weighted by atomic mass is 32.2. The lowest BCUT2D eigenvalue weighted by molar-refractivity contribution is 0.153. The molecular weight excluding hydrogens is 152 g/mol. The molecule has 3 nitrogen and oxygen atoms in total. The molecule has 0 radical (unpaired) electrons. The van der Waals surface area contributed by atoms with Gasteiger partial charge >= 0.3 is 6.16 Å². The molecule has 0 aromatic heterocycles. The molecule has 4 heteroatoms. The van der Waals surface area contributed by atoms with Crippen LogP contribution in [-0.2, 0) is 4.18 Å². The topological polar surface area (TPSA) is 46.5 Å². The van der Waals surface area contributed by atoms with Crippen molar-refractivity contribution in [2.75, 3.05) is 5.75 Å². The number of carbonyl (C=O) groups is 1. The summed E-state index contributed by atoms with van der Waals surface area (Å²) in [4.78, 5) is 9.79. The Morgan fingerprint density at radius 3 is 2.80 bits per heavy atom. The zero-order valence-electron chi connectivity index (χ0n) is 6.00. The van der Waals surface area contributed by atoms with Crippen molar-refractivity contribution in [3.8, 4) is 0 Å². The molecule has 0 aromatic carbocycles. The Balaban J connectivity index is 2.84. The molecule has 0 saturated heterocycles. The maximum absolute atomic E-state index is 9.79. The first-order valence-corrected chi connectivity index (χ1v) is 4.20. The van der Waals surface area contributed by atoms with Gasteiger partial charge in [0.25, 0.3) is 0 Å². The van der Waals surface area contributed by atoms with Crippen LogP contribution in [0.3, 0.4) is 0 Å². The van der Waals surface area contributed by atoms with Crippen molar-refractivity contribution < 1.29 is 14.1 Å². The SMILES string of the molecule is CCCCCSOC(=O)O. The van der Waals surface area contributed by atoms with Gasteiger partial charge in [-0.3, -0.25) is 0 Å². The van der Waals surface area contributed by atoms with Crippen molar-refractivity contribution in [2.24, 2.45) is 0 Å². The molecular formula is C6H12O3S. The fourth-order valence-electron chi connectivity index (χ4n) is 0.503. The van der Waals surface area contributed by atoms with Crippen LogP contribution in [0.5, 0.6) is 0 Å². The van der Waals surface area contributed by atoms with Gasteiger partial charge in [-0.15, -0.1) is 0 Å². The number of unbranched alkanes of at least 4 members (excludes halogenated alkanes) is 2. The zero-order chi connectivity index (χ0) is 7.82. The maximum atomic E-state index is 9.79. The van der Waals surface area contributed by atoms with E-state index >= 15 is 0 Å². The monoisotopic (exact) mass is 164 g/mol. The Bertz CT molecular complexity index is 95.0. The van der Waals surface area contributed by atoms with Crippen molar-refractivity contribution >= 4 is 18.2 Å². The molecule has 0 fully saturated rings. The average molecular weight is 164 g/mol. The van der Waals surface area contributed by atoms with Crippen LogP contribution in [0.25, 0.3) is 0 Å². The van der Waals surface area contributed by atoms with E-state index in [0.29, 0.717) is 0 Å². The molecule has 0 amide bonds. The van der Waals surface area contributed by atoms with Crippen LogP contribution in [0.15, 0.2) is 0 Å². The molecule has 0 atom stereocenters. The molecule has 0 aliphatic rings. The molecule has 0 unspecified atom stereocenters. The number of carboxylic acid groups (broad SMARTS) is 1. The van der Waals surface area contributed by atoms with Crippen LogP contribution >= 0.6 is 12.0 Å². The third kappa shape index (κ3) is 7.62. The van der Waals surface area contributed by atoms with Crippen LogP contribution in [0, 0.1) is 0 Å². The zero-order valence-corrected chi connectivity index (χ0v) is 6.82. The summed E-state index contributed by atoms with van der Waals surface area (Å²) in [5, 5.41) is 8.03. The molecule has 0 aliphatic heterocycles. The summed E-state index contributed by atoms with van der Waals surface area (Å²) in [6.45, 7) is 2.10. The fraction of sp³-hybridized carbons (Fsp3) is 0.833. The van der Waals surface area contributed by atoms with Crippen LogP contribution in [-0.4, -0.2) is 17.0 Å². The average Bonchev–Trinajstić information content (AvgIpc) is 1.87. The van der Waals surface area contributed by atoms with Crippen molar-refractivity contribution in [2.45, 2.75) is 26.2 Å². The first kappa shape index (κ1) is 9.62. The van der Waals surface area contributed by atoms with Gasteiger partial charge in [-0.2, -0.15) is 0 Å². The van der Waals surface area contributed by atoms with Crippen molar-refractivity contribution in [3.05, 3.63) is 0 Å². The van der Waals surface area contributed by atoms with Gasteiger partial charge in [-0.25, -0.2) is 4.79 Å². The first-order chi connectivity index (χ1) is 4.77. The smallest absolute Gasteiger partial charge is 0.449 e. The molecule has 1 N–H and O–H groups in total. The van der Waals surface area contributed by atoms with Gasteiger partial charge in [0.2, 0.25) is 0 Å². The van der Waals surface area contributed by atoms with Gasteiger partial charge in [0.05, 0.1) is 12.0 Å². The van der Waals surface area contributed by atoms with Crippen molar-refractivity contribution in [1.29, 1.82) is 0 Å². The quantitative estimate of drug-likeness (QED) is 0.501. The van der Waals surface area contributed by atoms with Gasteiger partial charge in [0.1, 0.15) is 0 Å². The van der Waals surface area contributed by atoms with E-state index in [1.165, 1.54) is 0 Å². The minimum Gasteiger partial charge on any atom is -0.449 e. The largest absolute Gasteiger partial charge is 0.518 e. The summed E-state index contributed by atoms with van der Waals surface area (Å²) in [6, 6.07) is 0. The Labute approximate surface area is 65.0 Å². The maximum Gasteiger partial charge on any atom is 0.518 e. The second kappa shape index (κ2) is 6.74. The molecule has 0 heterocycles. The number of rotatable bonds is 5. The number of hydrogen-bond acceptors (Lipinski definition) is 3. The summed E-state index contributed by atoms with van der Waals surface area (Å²) in [7, 11) is 0. The molecule has 0 spiro atoms. The minimum absolute atomic E-state index is 0.764. The normalized spacial score (nSPS) is 9.30. The van der Waals surface area contributed by atoms with Gasteiger partial charge in [0, 0.05) is 5.75 Å². The van der Waals surface area contributed by atoms with Crippen molar-refractivity contribution in [1.82, 2.24) is 0 Å². The number of hydrogen-bond donors (Lipinski definition) is 1. The van der Waals surface area contributed by atoms with E-state index < -0.39 is 6.16 Å². The summed E-state index contributed by atoms with van der Waals surface area (Å²) in [5.41, 5.74) is 0. The molecule has 0 bridgehead atoms. The lowest BCUT2D eigenvalue weighted by atomic mass is 10.3. The Hall–Kier alpha value is -0.380. The highest BCUT2D eigenvalue weighted by Gasteiger charge is 1.95. The van der Waals surface area contributed by atoms with Crippen LogP contribution in [0.4, 0.5) is 4.79 Å². The lowest BCUT2D eigenvalue weighted by Crippen LogP contribution is -1.92. The van der Waals surface area contributed by atoms with E-state index in [-0.39, 0.29) is 0 Å². The lowest BCUT2D eigenvalue weighted by Gasteiger charge is -1.95. The fourth-order valence-corrected chi connectivity index (χ4v) is 1.01. The molecule has 0 rings (SSSR count). The van der Waals surface area contributed by atoms with Crippen molar-refractivity contribution in [3.63, 3.8) is 0 Å². The molecule has 10 heavy (non-hydrogen) atoms. The molecule has 0 saturated carbocycles. The van der Waals surface area contributed by atoms with Crippen LogP contribution in [0.1, 0.15) is 26.2 Å². The highest BCUT2D eigenvalue weighted by Crippen LogP contribution is 2.07. The van der Waals surface area contributed by atoms with E-state index in [1.807, 2.05) is 0 Å². The van der Waals surface area contributed by atoms with E-state index in [0.717, 1.165) is 37.1 Å². The minimum atomic E-state index is -1.21. The van der Waals surface area contributed by atoms with E-state index in [2.05, 4.69) is 11.1 Å². The Morgan fingerprint density at radius 1 is 1.60 bits per heavy atom. The Morgan fingerprint density at radius 2 is 2.30 bits per heavy atom. The van der Waals surface area contributed by atoms with E-state index in [9.17, 15) is 4.79 Å². The standard InChI is InChI=1S/C6H12O3S/c1-2-3-4-5-10-9-6(7)8/h2-5H2,1H3,(H,7,8). The van der Waals surface area contributed by atoms with Crippen LogP contribution in [0.2, 0.25) is 0 Å². The molecule has 60 valence electrons. The summed E-state index contributed by atoms with van der Waals surface area (Å²) < 4.78 is 4.22. The third-order valence-corrected chi connectivity index (χ3v) is 1.68. The van der Waals surface area contributed by atoms with E-state index in [1.54, 1.807) is 0 Å². The summed E-state index contributed by atoms with van der Waals surface area (Å²) in [5.74, 6) is 0.764. The second-order valence-corrected chi connectivity index (χ2v) is 2.69. The molecule has 0 aliphatic carbocycles. The predicted molar refractivity (Wildman–Crippen MR) is 41.1 cm³/mol. The highest BCUT2D eigenvalue weighted by molar-refractivity contribution is 7.95. The summed E-state index contributed by atoms with van der Waals surface area (Å²) in [6.07, 6.45) is 2.10. The summed E-state index contributed by atoms with van der Waals surface area (Å²) >= 11 is 1.00. The second-order valence-electron chi connectivity index (χ2n) is 1.88. The molecule has 0 aromatic rings. The van der Waals surface area contributed by atoms with Gasteiger partial charge < -0.3 is 9.29 Å². The van der Waals surface area contributed by atoms with Crippen LogP contribution < -0.4 is 0 Å². The van der Waals surface area contributed by atoms with Gasteiger partial charge in [0.15, 0.2) is 0 Å². The van der Waals surface area contributed by atoms with Gasteiger partial charge in [-0.1, -0.05) is 19.8 Å². The third-order valence-electron chi connectivity index (χ3n) is 0.961. The van der Waals surface area contributed by atoms with E-state index in [4.69, 9.17) is 5.11 Å². The van der Waals surface area contributed by atoms with Gasteiger partial charge in [-0.05, 0) is 6.42 Å².